The highest BCUT2D eigenvalue weighted by molar-refractivity contribution is 5.92. The summed E-state index contributed by atoms with van der Waals surface area (Å²) in [6.45, 7) is -3.02. The van der Waals surface area contributed by atoms with Crippen LogP contribution in [0.15, 0.2) is 12.1 Å². The summed E-state index contributed by atoms with van der Waals surface area (Å²) >= 11 is 0. The molecule has 1 aromatic rings. The number of aromatic carboxylic acids is 1. The number of carbonyl (C=O) groups is 1. The summed E-state index contributed by atoms with van der Waals surface area (Å²) in [4.78, 5) is 13.8. The largest absolute Gasteiger partial charge is 0.478 e. The smallest absolute Gasteiger partial charge is 0.388 e. The van der Waals surface area contributed by atoms with Gasteiger partial charge in [-0.2, -0.15) is 13.8 Å². The average Bonchev–Trinajstić information content (AvgIpc) is 2.01. The minimum absolute atomic E-state index is 0.258. The fourth-order valence-corrected chi connectivity index (χ4v) is 0.794. The number of nitrogens with zero attached hydrogens (tertiary/aromatic N) is 1. The normalized spacial score (nSPS) is 10.2. The SMILES string of the molecule is Nc1nc(OC(F)F)ccc1C(=O)O. The van der Waals surface area contributed by atoms with Crippen LogP contribution in [0.4, 0.5) is 14.6 Å². The van der Waals surface area contributed by atoms with Crippen molar-refractivity contribution in [2.45, 2.75) is 6.61 Å². The maximum atomic E-state index is 11.7. The molecule has 14 heavy (non-hydrogen) atoms. The van der Waals surface area contributed by atoms with Gasteiger partial charge in [0.2, 0.25) is 5.88 Å². The summed E-state index contributed by atoms with van der Waals surface area (Å²) in [6, 6.07) is 2.05. The van der Waals surface area contributed by atoms with Crippen molar-refractivity contribution in [3.8, 4) is 5.88 Å². The highest BCUT2D eigenvalue weighted by Crippen LogP contribution is 2.16. The third-order valence-corrected chi connectivity index (χ3v) is 1.34. The molecule has 0 unspecified atom stereocenters. The number of carboxylic acid groups (broad SMARTS) is 1. The van der Waals surface area contributed by atoms with E-state index in [0.29, 0.717) is 0 Å². The predicted molar refractivity (Wildman–Crippen MR) is 42.2 cm³/mol. The average molecular weight is 204 g/mol. The van der Waals surface area contributed by atoms with Crippen LogP contribution in [0.3, 0.4) is 0 Å². The second-order valence-electron chi connectivity index (χ2n) is 2.27. The molecule has 0 fully saturated rings. The highest BCUT2D eigenvalue weighted by atomic mass is 19.3. The molecule has 5 nitrogen and oxygen atoms in total. The van der Waals surface area contributed by atoms with E-state index >= 15 is 0 Å². The first-order chi connectivity index (χ1) is 6.50. The van der Waals surface area contributed by atoms with Gasteiger partial charge < -0.3 is 15.6 Å². The van der Waals surface area contributed by atoms with Crippen LogP contribution in [0.25, 0.3) is 0 Å². The van der Waals surface area contributed by atoms with Gasteiger partial charge in [0.25, 0.3) is 0 Å². The molecule has 0 saturated heterocycles. The second-order valence-corrected chi connectivity index (χ2v) is 2.27. The number of hydrogen-bond donors (Lipinski definition) is 2. The van der Waals surface area contributed by atoms with Gasteiger partial charge in [0.15, 0.2) is 0 Å². The Morgan fingerprint density at radius 3 is 2.64 bits per heavy atom. The quantitative estimate of drug-likeness (QED) is 0.765. The molecule has 1 aromatic heterocycles. The lowest BCUT2D eigenvalue weighted by molar-refractivity contribution is -0.0527. The second kappa shape index (κ2) is 3.86. The Labute approximate surface area is 77.1 Å². The Balaban J connectivity index is 2.94. The van der Waals surface area contributed by atoms with Crippen LogP contribution >= 0.6 is 0 Å². The number of rotatable bonds is 3. The Morgan fingerprint density at radius 2 is 2.21 bits per heavy atom. The number of nitrogens with two attached hydrogens (primary N) is 1. The van der Waals surface area contributed by atoms with E-state index in [1.807, 2.05) is 0 Å². The van der Waals surface area contributed by atoms with Gasteiger partial charge >= 0.3 is 12.6 Å². The van der Waals surface area contributed by atoms with Crippen LogP contribution in [0, 0.1) is 0 Å². The molecule has 0 saturated carbocycles. The third kappa shape index (κ3) is 2.28. The molecule has 0 aliphatic rings. The maximum absolute atomic E-state index is 11.7. The molecule has 0 atom stereocenters. The van der Waals surface area contributed by atoms with Gasteiger partial charge in [0.05, 0.1) is 0 Å². The molecule has 0 amide bonds. The zero-order chi connectivity index (χ0) is 10.7. The van der Waals surface area contributed by atoms with E-state index in [2.05, 4.69) is 9.72 Å². The van der Waals surface area contributed by atoms with Crippen LogP contribution in [-0.2, 0) is 0 Å². The van der Waals surface area contributed by atoms with Crippen molar-refractivity contribution in [1.29, 1.82) is 0 Å². The van der Waals surface area contributed by atoms with Crippen molar-refractivity contribution in [3.63, 3.8) is 0 Å². The van der Waals surface area contributed by atoms with Crippen LogP contribution in [0.1, 0.15) is 10.4 Å². The van der Waals surface area contributed by atoms with Crippen molar-refractivity contribution < 1.29 is 23.4 Å². The summed E-state index contributed by atoms with van der Waals surface area (Å²) in [6.07, 6.45) is 0. The Kier molecular flexibility index (Phi) is 2.80. The van der Waals surface area contributed by atoms with E-state index in [4.69, 9.17) is 10.8 Å². The summed E-state index contributed by atoms with van der Waals surface area (Å²) in [5.74, 6) is -2.06. The number of ether oxygens (including phenoxy) is 1. The lowest BCUT2D eigenvalue weighted by atomic mass is 10.2. The van der Waals surface area contributed by atoms with Crippen molar-refractivity contribution >= 4 is 11.8 Å². The Bertz CT molecular complexity index is 357. The molecule has 0 aromatic carbocycles. The van der Waals surface area contributed by atoms with Gasteiger partial charge in [0.1, 0.15) is 11.4 Å². The van der Waals surface area contributed by atoms with Gasteiger partial charge in [-0.15, -0.1) is 0 Å². The van der Waals surface area contributed by atoms with Crippen LogP contribution < -0.4 is 10.5 Å². The Hall–Kier alpha value is -1.92. The predicted octanol–water partition coefficient (Wildman–Crippen LogP) is 0.963. The zero-order valence-corrected chi connectivity index (χ0v) is 6.78. The first-order valence-corrected chi connectivity index (χ1v) is 3.45. The number of anilines is 1. The van der Waals surface area contributed by atoms with E-state index in [-0.39, 0.29) is 11.4 Å². The molecular weight excluding hydrogens is 198 g/mol. The highest BCUT2D eigenvalue weighted by Gasteiger charge is 2.12. The molecule has 0 spiro atoms. The number of halogens is 2. The minimum atomic E-state index is -3.02. The van der Waals surface area contributed by atoms with Gasteiger partial charge in [-0.3, -0.25) is 0 Å². The lowest BCUT2D eigenvalue weighted by Gasteiger charge is -2.04. The van der Waals surface area contributed by atoms with Gasteiger partial charge in [-0.25, -0.2) is 4.79 Å². The topological polar surface area (TPSA) is 85.4 Å². The van der Waals surface area contributed by atoms with Gasteiger partial charge in [-0.1, -0.05) is 0 Å². The monoisotopic (exact) mass is 204 g/mol. The van der Waals surface area contributed by atoms with Crippen molar-refractivity contribution in [1.82, 2.24) is 4.98 Å². The lowest BCUT2D eigenvalue weighted by Crippen LogP contribution is -2.08. The van der Waals surface area contributed by atoms with E-state index in [0.717, 1.165) is 12.1 Å². The number of hydrogen-bond acceptors (Lipinski definition) is 4. The number of carboxylic acids is 1. The molecule has 0 aliphatic carbocycles. The van der Waals surface area contributed by atoms with E-state index in [9.17, 15) is 13.6 Å². The standard InChI is InChI=1S/C7H6F2N2O3/c8-7(9)14-4-2-1-3(6(12)13)5(10)11-4/h1-2,7H,(H2,10,11)(H,12,13). The van der Waals surface area contributed by atoms with E-state index in [1.165, 1.54) is 0 Å². The summed E-state index contributed by atoms with van der Waals surface area (Å²) < 4.78 is 27.3. The number of pyridine rings is 1. The maximum Gasteiger partial charge on any atom is 0.388 e. The summed E-state index contributed by atoms with van der Waals surface area (Å²) in [5.41, 5.74) is 4.92. The van der Waals surface area contributed by atoms with Crippen LogP contribution in [0.2, 0.25) is 0 Å². The third-order valence-electron chi connectivity index (χ3n) is 1.34. The van der Waals surface area contributed by atoms with Crippen molar-refractivity contribution in [3.05, 3.63) is 17.7 Å². The number of alkyl halides is 2. The molecular formula is C7H6F2N2O3. The fraction of sp³-hybridized carbons (Fsp3) is 0.143. The first kappa shape index (κ1) is 10.2. The molecule has 0 bridgehead atoms. The number of nitrogen functional groups attached to an aromatic ring is 1. The molecule has 1 heterocycles. The summed E-state index contributed by atoms with van der Waals surface area (Å²) in [7, 11) is 0. The first-order valence-electron chi connectivity index (χ1n) is 3.45. The zero-order valence-electron chi connectivity index (χ0n) is 6.78. The molecule has 3 N–H and O–H groups in total. The van der Waals surface area contributed by atoms with Crippen LogP contribution in [-0.4, -0.2) is 22.7 Å². The minimum Gasteiger partial charge on any atom is -0.478 e. The van der Waals surface area contributed by atoms with Crippen LogP contribution in [0.5, 0.6) is 5.88 Å². The van der Waals surface area contributed by atoms with E-state index in [1.54, 1.807) is 0 Å². The van der Waals surface area contributed by atoms with Crippen molar-refractivity contribution in [2.75, 3.05) is 5.73 Å². The van der Waals surface area contributed by atoms with Crippen molar-refractivity contribution in [2.24, 2.45) is 0 Å². The van der Waals surface area contributed by atoms with Gasteiger partial charge in [0, 0.05) is 6.07 Å². The molecule has 1 rings (SSSR count). The van der Waals surface area contributed by atoms with Gasteiger partial charge in [-0.05, 0) is 6.07 Å². The molecule has 76 valence electrons. The fourth-order valence-electron chi connectivity index (χ4n) is 0.794. The number of aromatic nitrogens is 1. The molecule has 0 aliphatic heterocycles. The van der Waals surface area contributed by atoms with E-state index < -0.39 is 18.5 Å². The Morgan fingerprint density at radius 1 is 1.57 bits per heavy atom. The molecule has 7 heteroatoms. The summed E-state index contributed by atoms with van der Waals surface area (Å²) in [5, 5.41) is 8.53. The molecule has 0 radical (unpaired) electrons.